The number of urea groups is 1. The van der Waals surface area contributed by atoms with E-state index in [1.54, 1.807) is 36.1 Å². The Kier molecular flexibility index (Phi) is 7.46. The number of hydrogen-bond acceptors (Lipinski definition) is 4. The van der Waals surface area contributed by atoms with Gasteiger partial charge >= 0.3 is 6.03 Å². The van der Waals surface area contributed by atoms with Crippen molar-refractivity contribution in [3.8, 4) is 0 Å². The van der Waals surface area contributed by atoms with Gasteiger partial charge in [-0.2, -0.15) is 0 Å². The number of carbonyl (C=O) groups is 2. The Balaban J connectivity index is 1.92. The van der Waals surface area contributed by atoms with Crippen LogP contribution in [-0.4, -0.2) is 50.6 Å². The van der Waals surface area contributed by atoms with E-state index < -0.39 is 10.0 Å². The highest BCUT2D eigenvalue weighted by Crippen LogP contribution is 2.19. The molecule has 0 aromatic heterocycles. The Hall–Kier alpha value is -2.29. The molecule has 0 aliphatic carbocycles. The molecular weight excluding hydrogens is 368 g/mol. The maximum absolute atomic E-state index is 12.5. The topological polar surface area (TPSA) is 108 Å². The van der Waals surface area contributed by atoms with Crippen molar-refractivity contribution in [3.63, 3.8) is 0 Å². The van der Waals surface area contributed by atoms with Gasteiger partial charge in [-0.25, -0.2) is 13.2 Å². The number of benzene rings is 1. The summed E-state index contributed by atoms with van der Waals surface area (Å²) in [4.78, 5) is 26.1. The fraction of sp³-hybridized carbons (Fsp3) is 0.556. The maximum Gasteiger partial charge on any atom is 0.321 e. The predicted octanol–water partition coefficient (Wildman–Crippen LogP) is 2.22. The van der Waals surface area contributed by atoms with E-state index in [0.717, 1.165) is 12.8 Å². The lowest BCUT2D eigenvalue weighted by Gasteiger charge is -2.32. The molecule has 0 unspecified atom stereocenters. The monoisotopic (exact) mass is 396 g/mol. The number of hydrogen-bond donors (Lipinski definition) is 3. The molecule has 1 atom stereocenters. The zero-order chi connectivity index (χ0) is 19.9. The van der Waals surface area contributed by atoms with E-state index in [2.05, 4.69) is 15.4 Å². The highest BCUT2D eigenvalue weighted by atomic mass is 32.2. The summed E-state index contributed by atoms with van der Waals surface area (Å²) in [5.41, 5.74) is 1.02. The van der Waals surface area contributed by atoms with E-state index in [9.17, 15) is 18.0 Å². The molecule has 1 aliphatic heterocycles. The van der Waals surface area contributed by atoms with Crippen molar-refractivity contribution >= 4 is 33.3 Å². The van der Waals surface area contributed by atoms with Crippen LogP contribution in [0, 0.1) is 5.92 Å². The van der Waals surface area contributed by atoms with Crippen molar-refractivity contribution in [2.75, 3.05) is 35.4 Å². The first kappa shape index (κ1) is 21.0. The van der Waals surface area contributed by atoms with E-state index in [-0.39, 0.29) is 23.6 Å². The summed E-state index contributed by atoms with van der Waals surface area (Å²) in [5, 5.41) is 5.60. The summed E-state index contributed by atoms with van der Waals surface area (Å²) in [5.74, 6) is -0.133. The van der Waals surface area contributed by atoms with Gasteiger partial charge in [-0.3, -0.25) is 9.52 Å². The Labute approximate surface area is 160 Å². The van der Waals surface area contributed by atoms with Gasteiger partial charge in [0.05, 0.1) is 11.7 Å². The number of amides is 3. The van der Waals surface area contributed by atoms with E-state index in [1.165, 1.54) is 0 Å². The minimum atomic E-state index is -3.34. The minimum Gasteiger partial charge on any atom is -0.356 e. The normalized spacial score (nSPS) is 17.3. The van der Waals surface area contributed by atoms with Crippen molar-refractivity contribution in [2.24, 2.45) is 5.92 Å². The third kappa shape index (κ3) is 6.42. The third-order valence-electron chi connectivity index (χ3n) is 4.31. The minimum absolute atomic E-state index is 0.0151. The van der Waals surface area contributed by atoms with Crippen molar-refractivity contribution in [3.05, 3.63) is 24.3 Å². The van der Waals surface area contributed by atoms with Crippen LogP contribution in [-0.2, 0) is 14.8 Å². The lowest BCUT2D eigenvalue weighted by molar-refractivity contribution is -0.126. The lowest BCUT2D eigenvalue weighted by Crippen LogP contribution is -2.46. The molecule has 0 spiro atoms. The second-order valence-corrected chi connectivity index (χ2v) is 8.45. The summed E-state index contributed by atoms with van der Waals surface area (Å²) >= 11 is 0. The van der Waals surface area contributed by atoms with Crippen LogP contribution < -0.4 is 15.4 Å². The SMILES string of the molecule is CCCS(=O)(=O)Nc1ccc(NC(=O)N2CCC[C@@H](C(=O)NCC)C2)cc1. The summed E-state index contributed by atoms with van der Waals surface area (Å²) in [6, 6.07) is 6.25. The first-order valence-corrected chi connectivity index (χ1v) is 10.9. The summed E-state index contributed by atoms with van der Waals surface area (Å²) in [6.07, 6.45) is 2.10. The van der Waals surface area contributed by atoms with Gasteiger partial charge in [0.15, 0.2) is 0 Å². The van der Waals surface area contributed by atoms with Crippen molar-refractivity contribution in [2.45, 2.75) is 33.1 Å². The van der Waals surface area contributed by atoms with Crippen LogP contribution in [0.1, 0.15) is 33.1 Å². The van der Waals surface area contributed by atoms with Gasteiger partial charge in [0.1, 0.15) is 0 Å². The van der Waals surface area contributed by atoms with Crippen LogP contribution in [0.5, 0.6) is 0 Å². The van der Waals surface area contributed by atoms with Crippen LogP contribution in [0.4, 0.5) is 16.2 Å². The van der Waals surface area contributed by atoms with Crippen LogP contribution in [0.3, 0.4) is 0 Å². The van der Waals surface area contributed by atoms with Crippen LogP contribution in [0.25, 0.3) is 0 Å². The second-order valence-electron chi connectivity index (χ2n) is 6.61. The van der Waals surface area contributed by atoms with Gasteiger partial charge in [-0.1, -0.05) is 6.92 Å². The number of likely N-dealkylation sites (tertiary alicyclic amines) is 1. The fourth-order valence-electron chi connectivity index (χ4n) is 3.02. The van der Waals surface area contributed by atoms with E-state index in [0.29, 0.717) is 37.4 Å². The zero-order valence-electron chi connectivity index (χ0n) is 15.8. The lowest BCUT2D eigenvalue weighted by atomic mass is 9.97. The van der Waals surface area contributed by atoms with Gasteiger partial charge in [0, 0.05) is 31.0 Å². The summed E-state index contributed by atoms with van der Waals surface area (Å²) < 4.78 is 26.1. The number of anilines is 2. The van der Waals surface area contributed by atoms with E-state index in [4.69, 9.17) is 0 Å². The molecule has 3 amide bonds. The number of piperidine rings is 1. The Bertz CT molecular complexity index is 749. The molecule has 1 aliphatic rings. The Morgan fingerprint density at radius 3 is 2.44 bits per heavy atom. The molecule has 2 rings (SSSR count). The van der Waals surface area contributed by atoms with E-state index in [1.807, 2.05) is 6.92 Å². The number of rotatable bonds is 7. The van der Waals surface area contributed by atoms with Crippen molar-refractivity contribution in [1.29, 1.82) is 0 Å². The number of nitrogens with zero attached hydrogens (tertiary/aromatic N) is 1. The molecule has 1 aromatic rings. The zero-order valence-corrected chi connectivity index (χ0v) is 16.6. The molecule has 0 saturated carbocycles. The van der Waals surface area contributed by atoms with Gasteiger partial charge in [-0.15, -0.1) is 0 Å². The molecule has 27 heavy (non-hydrogen) atoms. The van der Waals surface area contributed by atoms with Crippen molar-refractivity contribution < 1.29 is 18.0 Å². The number of sulfonamides is 1. The van der Waals surface area contributed by atoms with Crippen molar-refractivity contribution in [1.82, 2.24) is 10.2 Å². The number of carbonyl (C=O) groups excluding carboxylic acids is 2. The Morgan fingerprint density at radius 2 is 1.81 bits per heavy atom. The molecular formula is C18H28N4O4S. The maximum atomic E-state index is 12.5. The molecule has 8 nitrogen and oxygen atoms in total. The quantitative estimate of drug-likeness (QED) is 0.657. The average Bonchev–Trinajstić information content (AvgIpc) is 2.63. The third-order valence-corrected chi connectivity index (χ3v) is 5.81. The summed E-state index contributed by atoms with van der Waals surface area (Å²) in [7, 11) is -3.34. The fourth-order valence-corrected chi connectivity index (χ4v) is 4.15. The van der Waals surface area contributed by atoms with Gasteiger partial charge in [-0.05, 0) is 50.5 Å². The Morgan fingerprint density at radius 1 is 1.15 bits per heavy atom. The van der Waals surface area contributed by atoms with Crippen LogP contribution in [0.15, 0.2) is 24.3 Å². The number of nitrogens with one attached hydrogen (secondary N) is 3. The highest BCUT2D eigenvalue weighted by Gasteiger charge is 2.28. The highest BCUT2D eigenvalue weighted by molar-refractivity contribution is 7.92. The molecule has 3 N–H and O–H groups in total. The van der Waals surface area contributed by atoms with Crippen LogP contribution >= 0.6 is 0 Å². The largest absolute Gasteiger partial charge is 0.356 e. The predicted molar refractivity (Wildman–Crippen MR) is 106 cm³/mol. The van der Waals surface area contributed by atoms with Gasteiger partial charge in [0.2, 0.25) is 15.9 Å². The second kappa shape index (κ2) is 9.59. The standard InChI is InChI=1S/C18H28N4O4S/c1-3-12-27(25,26)21-16-9-7-15(8-10-16)20-18(24)22-11-5-6-14(13-22)17(23)19-4-2/h7-10,14,21H,3-6,11-13H2,1-2H3,(H,19,23)(H,20,24)/t14-/m1/s1. The smallest absolute Gasteiger partial charge is 0.321 e. The first-order valence-electron chi connectivity index (χ1n) is 9.28. The molecule has 1 saturated heterocycles. The van der Waals surface area contributed by atoms with Crippen LogP contribution in [0.2, 0.25) is 0 Å². The molecule has 0 radical (unpaired) electrons. The molecule has 9 heteroatoms. The molecule has 1 fully saturated rings. The molecule has 150 valence electrons. The van der Waals surface area contributed by atoms with Gasteiger partial charge in [0.25, 0.3) is 0 Å². The molecule has 1 aromatic carbocycles. The van der Waals surface area contributed by atoms with Gasteiger partial charge < -0.3 is 15.5 Å². The van der Waals surface area contributed by atoms with E-state index >= 15 is 0 Å². The first-order chi connectivity index (χ1) is 12.8. The molecule has 1 heterocycles. The average molecular weight is 397 g/mol. The summed E-state index contributed by atoms with van der Waals surface area (Å²) in [6.45, 7) is 5.26. The molecule has 0 bridgehead atoms.